The van der Waals surface area contributed by atoms with Crippen molar-refractivity contribution in [3.8, 4) is 0 Å². The fourth-order valence-corrected chi connectivity index (χ4v) is 1.79. The number of allylic oxidation sites excluding steroid dienone is 2. The average Bonchev–Trinajstić information content (AvgIpc) is 2.26. The Morgan fingerprint density at radius 1 is 1.64 bits per heavy atom. The molecule has 0 bridgehead atoms. The Labute approximate surface area is 90.2 Å². The Balaban J connectivity index is 2.69. The van der Waals surface area contributed by atoms with Crippen molar-refractivity contribution in [3.63, 3.8) is 0 Å². The van der Waals surface area contributed by atoms with Crippen molar-refractivity contribution in [1.29, 1.82) is 0 Å². The molecule has 0 aromatic rings. The number of halogens is 1. The van der Waals surface area contributed by atoms with E-state index >= 15 is 0 Å². The SMILES string of the molecule is C=CCN(C(=O)CCl)C1=CCCCC1. The minimum Gasteiger partial charge on any atom is -0.312 e. The summed E-state index contributed by atoms with van der Waals surface area (Å²) in [5.41, 5.74) is 1.11. The fourth-order valence-electron chi connectivity index (χ4n) is 1.65. The molecule has 0 aromatic carbocycles. The second-order valence-corrected chi connectivity index (χ2v) is 3.64. The fraction of sp³-hybridized carbons (Fsp3) is 0.545. The van der Waals surface area contributed by atoms with Crippen LogP contribution in [0.1, 0.15) is 25.7 Å². The van der Waals surface area contributed by atoms with Gasteiger partial charge < -0.3 is 4.90 Å². The summed E-state index contributed by atoms with van der Waals surface area (Å²) in [5, 5.41) is 0. The molecule has 1 rings (SSSR count). The van der Waals surface area contributed by atoms with Gasteiger partial charge in [0.05, 0.1) is 0 Å². The van der Waals surface area contributed by atoms with Gasteiger partial charge in [0.2, 0.25) is 5.91 Å². The molecule has 1 amide bonds. The third-order valence-electron chi connectivity index (χ3n) is 2.34. The molecule has 3 heteroatoms. The van der Waals surface area contributed by atoms with Gasteiger partial charge in [-0.25, -0.2) is 0 Å². The predicted octanol–water partition coefficient (Wildman–Crippen LogP) is 2.70. The van der Waals surface area contributed by atoms with Crippen molar-refractivity contribution >= 4 is 17.5 Å². The van der Waals surface area contributed by atoms with E-state index in [9.17, 15) is 4.79 Å². The highest BCUT2D eigenvalue weighted by Crippen LogP contribution is 2.21. The molecule has 1 aliphatic carbocycles. The van der Waals surface area contributed by atoms with Crippen LogP contribution in [0.25, 0.3) is 0 Å². The first-order valence-corrected chi connectivity index (χ1v) is 5.49. The molecule has 78 valence electrons. The number of rotatable bonds is 4. The lowest BCUT2D eigenvalue weighted by Gasteiger charge is -2.25. The van der Waals surface area contributed by atoms with Crippen molar-refractivity contribution in [2.45, 2.75) is 25.7 Å². The van der Waals surface area contributed by atoms with Gasteiger partial charge >= 0.3 is 0 Å². The highest BCUT2D eigenvalue weighted by Gasteiger charge is 2.16. The van der Waals surface area contributed by atoms with Crippen molar-refractivity contribution in [1.82, 2.24) is 4.90 Å². The third-order valence-corrected chi connectivity index (χ3v) is 2.57. The van der Waals surface area contributed by atoms with Gasteiger partial charge in [0.1, 0.15) is 5.88 Å². The topological polar surface area (TPSA) is 20.3 Å². The molecule has 0 unspecified atom stereocenters. The molecule has 0 aromatic heterocycles. The van der Waals surface area contributed by atoms with Crippen LogP contribution in [0.15, 0.2) is 24.4 Å². The average molecular weight is 214 g/mol. The standard InChI is InChI=1S/C11H16ClNO/c1-2-8-13(11(14)9-12)10-6-4-3-5-7-10/h2,6H,1,3-5,7-9H2. The Morgan fingerprint density at radius 2 is 2.43 bits per heavy atom. The van der Waals surface area contributed by atoms with Crippen LogP contribution in [0, 0.1) is 0 Å². The summed E-state index contributed by atoms with van der Waals surface area (Å²) in [6, 6.07) is 0. The lowest BCUT2D eigenvalue weighted by Crippen LogP contribution is -2.32. The lowest BCUT2D eigenvalue weighted by atomic mass is 10.0. The summed E-state index contributed by atoms with van der Waals surface area (Å²) >= 11 is 5.55. The summed E-state index contributed by atoms with van der Waals surface area (Å²) < 4.78 is 0. The molecule has 0 spiro atoms. The van der Waals surface area contributed by atoms with E-state index in [-0.39, 0.29) is 11.8 Å². The molecule has 0 saturated heterocycles. The number of carbonyl (C=O) groups is 1. The van der Waals surface area contributed by atoms with Crippen molar-refractivity contribution < 1.29 is 4.79 Å². The van der Waals surface area contributed by atoms with Gasteiger partial charge in [0, 0.05) is 12.2 Å². The number of hydrogen-bond acceptors (Lipinski definition) is 1. The quantitative estimate of drug-likeness (QED) is 0.520. The van der Waals surface area contributed by atoms with Crippen LogP contribution in [-0.4, -0.2) is 23.2 Å². The molecule has 2 nitrogen and oxygen atoms in total. The molecular formula is C11H16ClNO. The highest BCUT2D eigenvalue weighted by molar-refractivity contribution is 6.27. The molecule has 0 radical (unpaired) electrons. The van der Waals surface area contributed by atoms with Crippen molar-refractivity contribution in [2.75, 3.05) is 12.4 Å². The van der Waals surface area contributed by atoms with E-state index < -0.39 is 0 Å². The van der Waals surface area contributed by atoms with Gasteiger partial charge in [-0.05, 0) is 25.7 Å². The molecule has 0 fully saturated rings. The van der Waals surface area contributed by atoms with Crippen LogP contribution < -0.4 is 0 Å². The Bertz CT molecular complexity index is 248. The monoisotopic (exact) mass is 213 g/mol. The van der Waals surface area contributed by atoms with E-state index in [1.807, 2.05) is 0 Å². The molecule has 0 atom stereocenters. The van der Waals surface area contributed by atoms with Crippen molar-refractivity contribution in [3.05, 3.63) is 24.4 Å². The van der Waals surface area contributed by atoms with E-state index in [4.69, 9.17) is 11.6 Å². The molecule has 0 N–H and O–H groups in total. The minimum atomic E-state index is -0.0280. The van der Waals surface area contributed by atoms with Gasteiger partial charge in [0.15, 0.2) is 0 Å². The molecule has 14 heavy (non-hydrogen) atoms. The van der Waals surface area contributed by atoms with E-state index in [2.05, 4.69) is 12.7 Å². The van der Waals surface area contributed by atoms with Gasteiger partial charge in [-0.2, -0.15) is 0 Å². The molecule has 0 heterocycles. The first-order valence-electron chi connectivity index (χ1n) is 4.96. The summed E-state index contributed by atoms with van der Waals surface area (Å²) in [4.78, 5) is 13.2. The Kier molecular flexibility index (Phi) is 4.74. The number of alkyl halides is 1. The third kappa shape index (κ3) is 2.88. The van der Waals surface area contributed by atoms with Crippen LogP contribution in [-0.2, 0) is 4.79 Å². The Hall–Kier alpha value is -0.760. The van der Waals surface area contributed by atoms with Gasteiger partial charge in [0.25, 0.3) is 0 Å². The first-order chi connectivity index (χ1) is 6.79. The number of amides is 1. The lowest BCUT2D eigenvalue weighted by molar-refractivity contribution is -0.126. The largest absolute Gasteiger partial charge is 0.312 e. The zero-order valence-corrected chi connectivity index (χ0v) is 9.09. The second-order valence-electron chi connectivity index (χ2n) is 3.37. The highest BCUT2D eigenvalue weighted by atomic mass is 35.5. The van der Waals surface area contributed by atoms with E-state index in [1.54, 1.807) is 11.0 Å². The maximum Gasteiger partial charge on any atom is 0.241 e. The van der Waals surface area contributed by atoms with Crippen LogP contribution in [0.5, 0.6) is 0 Å². The Morgan fingerprint density at radius 3 is 2.93 bits per heavy atom. The summed E-state index contributed by atoms with van der Waals surface area (Å²) in [5.74, 6) is 0.0188. The van der Waals surface area contributed by atoms with Crippen LogP contribution in [0.4, 0.5) is 0 Å². The number of carbonyl (C=O) groups excluding carboxylic acids is 1. The van der Waals surface area contributed by atoms with Gasteiger partial charge in [-0.1, -0.05) is 12.2 Å². The first kappa shape index (κ1) is 11.3. The van der Waals surface area contributed by atoms with Gasteiger partial charge in [-0.3, -0.25) is 4.79 Å². The normalized spacial score (nSPS) is 15.9. The number of hydrogen-bond donors (Lipinski definition) is 0. The van der Waals surface area contributed by atoms with Crippen LogP contribution in [0.3, 0.4) is 0 Å². The van der Waals surface area contributed by atoms with Crippen LogP contribution in [0.2, 0.25) is 0 Å². The summed E-state index contributed by atoms with van der Waals surface area (Å²) in [6.07, 6.45) is 8.31. The number of nitrogens with zero attached hydrogens (tertiary/aromatic N) is 1. The molecular weight excluding hydrogens is 198 g/mol. The molecule has 1 aliphatic rings. The predicted molar refractivity (Wildman–Crippen MR) is 59.2 cm³/mol. The smallest absolute Gasteiger partial charge is 0.241 e. The maximum absolute atomic E-state index is 11.5. The van der Waals surface area contributed by atoms with E-state index in [0.717, 1.165) is 25.0 Å². The maximum atomic E-state index is 11.5. The van der Waals surface area contributed by atoms with E-state index in [0.29, 0.717) is 6.54 Å². The summed E-state index contributed by atoms with van der Waals surface area (Å²) in [7, 11) is 0. The zero-order chi connectivity index (χ0) is 10.4. The van der Waals surface area contributed by atoms with E-state index in [1.165, 1.54) is 6.42 Å². The minimum absolute atomic E-state index is 0.0280. The van der Waals surface area contributed by atoms with Crippen LogP contribution >= 0.6 is 11.6 Å². The second kappa shape index (κ2) is 5.86. The van der Waals surface area contributed by atoms with Crippen molar-refractivity contribution in [2.24, 2.45) is 0 Å². The molecule has 0 aliphatic heterocycles. The zero-order valence-electron chi connectivity index (χ0n) is 8.34. The molecule has 0 saturated carbocycles. The summed E-state index contributed by atoms with van der Waals surface area (Å²) in [6.45, 7) is 4.21. The van der Waals surface area contributed by atoms with Gasteiger partial charge in [-0.15, -0.1) is 18.2 Å².